The van der Waals surface area contributed by atoms with Gasteiger partial charge < -0.3 is 11.1 Å². The molecule has 1 heterocycles. The van der Waals surface area contributed by atoms with Gasteiger partial charge in [-0.25, -0.2) is 0 Å². The van der Waals surface area contributed by atoms with Gasteiger partial charge in [0.1, 0.15) is 0 Å². The zero-order valence-electron chi connectivity index (χ0n) is 17.9. The largest absolute Gasteiger partial charge is 0.369 e. The van der Waals surface area contributed by atoms with Crippen LogP contribution in [0.3, 0.4) is 0 Å². The number of halogens is 1. The summed E-state index contributed by atoms with van der Waals surface area (Å²) in [4.78, 5) is 25.1. The number of carbonyl (C=O) groups excluding carboxylic acids is 2. The van der Waals surface area contributed by atoms with Crippen molar-refractivity contribution in [3.63, 3.8) is 0 Å². The Labute approximate surface area is 197 Å². The second-order valence-electron chi connectivity index (χ2n) is 9.93. The number of hydrogen-bond acceptors (Lipinski definition) is 4. The van der Waals surface area contributed by atoms with Crippen molar-refractivity contribution < 1.29 is 18.0 Å². The molecule has 32 heavy (non-hydrogen) atoms. The van der Waals surface area contributed by atoms with Crippen LogP contribution in [-0.2, 0) is 19.8 Å². The molecule has 8 nitrogen and oxygen atoms in total. The lowest BCUT2D eigenvalue weighted by Gasteiger charge is -2.58. The van der Waals surface area contributed by atoms with E-state index in [9.17, 15) is 18.0 Å². The first-order valence-corrected chi connectivity index (χ1v) is 13.5. The molecule has 174 valence electrons. The minimum atomic E-state index is -3.80. The predicted molar refractivity (Wildman–Crippen MR) is 124 cm³/mol. The van der Waals surface area contributed by atoms with E-state index in [0.717, 1.165) is 32.1 Å². The van der Waals surface area contributed by atoms with Crippen molar-refractivity contribution in [2.45, 2.75) is 44.6 Å². The molecule has 2 unspecified atom stereocenters. The predicted octanol–water partition coefficient (Wildman–Crippen LogP) is 2.00. The number of nitrogens with two attached hydrogens (primary N) is 1. The summed E-state index contributed by atoms with van der Waals surface area (Å²) in [7, 11) is -3.80. The van der Waals surface area contributed by atoms with Gasteiger partial charge in [-0.1, -0.05) is 12.1 Å². The van der Waals surface area contributed by atoms with Gasteiger partial charge in [-0.2, -0.15) is 12.7 Å². The minimum Gasteiger partial charge on any atom is -0.369 e. The maximum absolute atomic E-state index is 13.3. The first kappa shape index (κ1) is 22.2. The standard InChI is InChI=1S/C22H29BrN4O4S/c23-17-4-1-2-5-18(17)27-7-3-6-26(32(27,30)31)13-19(28)25-20-15-8-14-9-16(20)12-22(10-14,11-15)21(24)29/h1-2,4-5,14-16,20H,3,6-13H2,(H2,24,29)(H,25,28). The molecule has 0 spiro atoms. The maximum atomic E-state index is 13.3. The Morgan fingerprint density at radius 3 is 2.47 bits per heavy atom. The van der Waals surface area contributed by atoms with Crippen LogP contribution in [-0.4, -0.2) is 50.2 Å². The Kier molecular flexibility index (Phi) is 5.53. The Morgan fingerprint density at radius 2 is 1.81 bits per heavy atom. The summed E-state index contributed by atoms with van der Waals surface area (Å²) in [6.45, 7) is 0.511. The summed E-state index contributed by atoms with van der Waals surface area (Å²) in [5.74, 6) is 0.523. The Hall–Kier alpha value is -1.65. The highest BCUT2D eigenvalue weighted by atomic mass is 79.9. The van der Waals surface area contributed by atoms with Gasteiger partial charge in [0.05, 0.1) is 12.2 Å². The van der Waals surface area contributed by atoms with Crippen LogP contribution in [0.4, 0.5) is 5.69 Å². The highest BCUT2D eigenvalue weighted by Crippen LogP contribution is 2.59. The lowest BCUT2D eigenvalue weighted by molar-refractivity contribution is -0.147. The smallest absolute Gasteiger partial charge is 0.304 e. The molecule has 0 radical (unpaired) electrons. The number of anilines is 1. The van der Waals surface area contributed by atoms with Gasteiger partial charge in [0.2, 0.25) is 11.8 Å². The lowest BCUT2D eigenvalue weighted by Crippen LogP contribution is -2.63. The van der Waals surface area contributed by atoms with Crippen molar-refractivity contribution in [2.24, 2.45) is 28.9 Å². The Balaban J connectivity index is 1.28. The summed E-state index contributed by atoms with van der Waals surface area (Å²) in [6, 6.07) is 7.20. The molecule has 5 aliphatic rings. The van der Waals surface area contributed by atoms with E-state index in [1.807, 2.05) is 12.1 Å². The molecule has 2 atom stereocenters. The molecule has 2 amide bonds. The minimum absolute atomic E-state index is 0.00149. The van der Waals surface area contributed by atoms with E-state index in [1.54, 1.807) is 12.1 Å². The van der Waals surface area contributed by atoms with Crippen molar-refractivity contribution in [3.05, 3.63) is 28.7 Å². The average molecular weight is 525 g/mol. The number of hydrogen-bond donors (Lipinski definition) is 2. The van der Waals surface area contributed by atoms with Gasteiger partial charge in [0, 0.05) is 29.0 Å². The van der Waals surface area contributed by atoms with E-state index in [1.165, 1.54) is 8.61 Å². The fourth-order valence-corrected chi connectivity index (χ4v) is 9.08. The number of benzene rings is 1. The molecule has 1 saturated heterocycles. The van der Waals surface area contributed by atoms with Crippen LogP contribution < -0.4 is 15.4 Å². The maximum Gasteiger partial charge on any atom is 0.304 e. The summed E-state index contributed by atoms with van der Waals surface area (Å²) in [5, 5.41) is 3.14. The van der Waals surface area contributed by atoms with Crippen molar-refractivity contribution in [1.82, 2.24) is 9.62 Å². The normalized spacial score (nSPS) is 35.6. The summed E-state index contributed by atoms with van der Waals surface area (Å²) >= 11 is 3.43. The summed E-state index contributed by atoms with van der Waals surface area (Å²) in [5.41, 5.74) is 5.93. The third-order valence-electron chi connectivity index (χ3n) is 7.94. The molecule has 6 rings (SSSR count). The number of rotatable bonds is 5. The molecule has 0 aromatic heterocycles. The number of nitrogens with one attached hydrogen (secondary N) is 1. The first-order chi connectivity index (χ1) is 15.2. The number of carbonyl (C=O) groups is 2. The zero-order valence-corrected chi connectivity index (χ0v) is 20.3. The van der Waals surface area contributed by atoms with Crippen LogP contribution in [0.5, 0.6) is 0 Å². The average Bonchev–Trinajstić information content (AvgIpc) is 2.72. The van der Waals surface area contributed by atoms with Crippen molar-refractivity contribution in [2.75, 3.05) is 23.9 Å². The fraction of sp³-hybridized carbons (Fsp3) is 0.636. The summed E-state index contributed by atoms with van der Waals surface area (Å²) in [6.07, 6.45) is 5.01. The first-order valence-electron chi connectivity index (χ1n) is 11.3. The molecule has 3 N–H and O–H groups in total. The molecule has 4 bridgehead atoms. The van der Waals surface area contributed by atoms with Crippen LogP contribution in [0.1, 0.15) is 38.5 Å². The van der Waals surface area contributed by atoms with Crippen molar-refractivity contribution >= 4 is 43.6 Å². The van der Waals surface area contributed by atoms with Crippen LogP contribution >= 0.6 is 15.9 Å². The highest BCUT2D eigenvalue weighted by Gasteiger charge is 2.58. The van der Waals surface area contributed by atoms with Gasteiger partial charge in [0.25, 0.3) is 0 Å². The monoisotopic (exact) mass is 524 g/mol. The van der Waals surface area contributed by atoms with Crippen molar-refractivity contribution in [3.8, 4) is 0 Å². The third-order valence-corrected chi connectivity index (χ3v) is 10.5. The fourth-order valence-electron chi connectivity index (χ4n) is 6.77. The van der Waals surface area contributed by atoms with Gasteiger partial charge in [-0.3, -0.25) is 13.9 Å². The zero-order chi connectivity index (χ0) is 22.7. The molecule has 1 aliphatic heterocycles. The Bertz CT molecular complexity index is 1030. The van der Waals surface area contributed by atoms with Crippen molar-refractivity contribution in [1.29, 1.82) is 0 Å². The lowest BCUT2D eigenvalue weighted by atomic mass is 9.47. The van der Waals surface area contributed by atoms with E-state index in [4.69, 9.17) is 5.73 Å². The Morgan fingerprint density at radius 1 is 1.12 bits per heavy atom. The number of primary amides is 1. The van der Waals surface area contributed by atoms with Crippen LogP contribution in [0, 0.1) is 23.2 Å². The number of para-hydroxylation sites is 1. The van der Waals surface area contributed by atoms with Crippen LogP contribution in [0.2, 0.25) is 0 Å². The molecule has 1 aromatic rings. The van der Waals surface area contributed by atoms with Crippen LogP contribution in [0.25, 0.3) is 0 Å². The van der Waals surface area contributed by atoms with E-state index >= 15 is 0 Å². The number of amides is 2. The van der Waals surface area contributed by atoms with Gasteiger partial charge in [0.15, 0.2) is 0 Å². The van der Waals surface area contributed by atoms with E-state index in [-0.39, 0.29) is 36.2 Å². The van der Waals surface area contributed by atoms with Gasteiger partial charge in [-0.15, -0.1) is 0 Å². The molecule has 1 aromatic carbocycles. The summed E-state index contributed by atoms with van der Waals surface area (Å²) < 4.78 is 29.8. The van der Waals surface area contributed by atoms with E-state index < -0.39 is 15.6 Å². The molecular formula is C22H29BrN4O4S. The SMILES string of the molecule is NC(=O)C12CC3CC(C1)C(NC(=O)CN1CCCN(c4ccccc4Br)S1(=O)=O)C(C3)C2. The molecular weight excluding hydrogens is 496 g/mol. The van der Waals surface area contributed by atoms with E-state index in [2.05, 4.69) is 21.2 Å². The van der Waals surface area contributed by atoms with Crippen LogP contribution in [0.15, 0.2) is 28.7 Å². The highest BCUT2D eigenvalue weighted by molar-refractivity contribution is 9.10. The van der Waals surface area contributed by atoms with Gasteiger partial charge >= 0.3 is 10.2 Å². The topological polar surface area (TPSA) is 113 Å². The molecule has 4 aliphatic carbocycles. The van der Waals surface area contributed by atoms with Gasteiger partial charge in [-0.05, 0) is 84.3 Å². The molecule has 5 fully saturated rings. The second-order valence-corrected chi connectivity index (χ2v) is 12.6. The number of nitrogens with zero attached hydrogens (tertiary/aromatic N) is 2. The molecule has 10 heteroatoms. The quantitative estimate of drug-likeness (QED) is 0.613. The second kappa shape index (κ2) is 7.99. The molecule has 4 saturated carbocycles. The third kappa shape index (κ3) is 3.64. The van der Waals surface area contributed by atoms with E-state index in [0.29, 0.717) is 35.6 Å².